The molecule has 2 rings (SSSR count). The summed E-state index contributed by atoms with van der Waals surface area (Å²) < 4.78 is 5.29. The summed E-state index contributed by atoms with van der Waals surface area (Å²) >= 11 is 0. The molecule has 0 bridgehead atoms. The molecule has 0 atom stereocenters. The van der Waals surface area contributed by atoms with Gasteiger partial charge in [0.15, 0.2) is 0 Å². The molecule has 1 amide bonds. The van der Waals surface area contributed by atoms with E-state index in [9.17, 15) is 14.9 Å². The minimum Gasteiger partial charge on any atom is -0.444 e. The Morgan fingerprint density at radius 2 is 2.09 bits per heavy atom. The number of carbonyl (C=O) groups is 1. The third-order valence-electron chi connectivity index (χ3n) is 3.60. The number of hydrogen-bond donors (Lipinski definition) is 1. The molecule has 1 aliphatic heterocycles. The molecule has 0 spiro atoms. The summed E-state index contributed by atoms with van der Waals surface area (Å²) in [5, 5.41) is 14.2. The third kappa shape index (κ3) is 4.66. The molecule has 1 saturated heterocycles. The highest BCUT2D eigenvalue weighted by atomic mass is 16.6. The average molecular weight is 321 g/mol. The van der Waals surface area contributed by atoms with Crippen LogP contribution in [0, 0.1) is 17.0 Å². The summed E-state index contributed by atoms with van der Waals surface area (Å²) in [5.74, 6) is 0. The zero-order chi connectivity index (χ0) is 17.2. The van der Waals surface area contributed by atoms with E-state index in [1.165, 1.54) is 0 Å². The molecule has 0 radical (unpaired) electrons. The van der Waals surface area contributed by atoms with Crippen LogP contribution in [0.15, 0.2) is 18.2 Å². The summed E-state index contributed by atoms with van der Waals surface area (Å²) in [6.07, 6.45) is -0.304. The smallest absolute Gasteiger partial charge is 0.410 e. The number of amides is 1. The Balaban J connectivity index is 1.80. The van der Waals surface area contributed by atoms with Gasteiger partial charge in [-0.25, -0.2) is 4.79 Å². The van der Waals surface area contributed by atoms with Crippen LogP contribution < -0.4 is 5.32 Å². The van der Waals surface area contributed by atoms with Gasteiger partial charge in [0.05, 0.1) is 4.92 Å². The van der Waals surface area contributed by atoms with E-state index in [4.69, 9.17) is 4.74 Å². The van der Waals surface area contributed by atoms with Crippen molar-refractivity contribution in [3.63, 3.8) is 0 Å². The number of nitro benzene ring substituents is 1. The number of nitrogens with one attached hydrogen (secondary N) is 1. The molecule has 1 N–H and O–H groups in total. The predicted molar refractivity (Wildman–Crippen MR) is 86.3 cm³/mol. The number of nitrogens with zero attached hydrogens (tertiary/aromatic N) is 2. The first-order valence-corrected chi connectivity index (χ1v) is 7.61. The van der Waals surface area contributed by atoms with Gasteiger partial charge in [-0.05, 0) is 33.3 Å². The Bertz CT molecular complexity index is 604. The lowest BCUT2D eigenvalue weighted by molar-refractivity contribution is -0.385. The zero-order valence-corrected chi connectivity index (χ0v) is 14.0. The minimum absolute atomic E-state index is 0.133. The maximum atomic E-state index is 11.8. The quantitative estimate of drug-likeness (QED) is 0.680. The van der Waals surface area contributed by atoms with Crippen molar-refractivity contribution in [3.05, 3.63) is 39.4 Å². The largest absolute Gasteiger partial charge is 0.444 e. The lowest BCUT2D eigenvalue weighted by Gasteiger charge is -2.40. The fourth-order valence-corrected chi connectivity index (χ4v) is 2.31. The van der Waals surface area contributed by atoms with Crippen molar-refractivity contribution in [2.45, 2.75) is 45.9 Å². The van der Waals surface area contributed by atoms with Gasteiger partial charge < -0.3 is 15.0 Å². The van der Waals surface area contributed by atoms with Gasteiger partial charge in [0.25, 0.3) is 5.69 Å². The van der Waals surface area contributed by atoms with Gasteiger partial charge >= 0.3 is 6.09 Å². The maximum absolute atomic E-state index is 11.8. The SMILES string of the molecule is Cc1ccc(CNC2CN(C(=O)OC(C)(C)C)C2)cc1[N+](=O)[O-]. The van der Waals surface area contributed by atoms with Crippen molar-refractivity contribution in [2.24, 2.45) is 0 Å². The summed E-state index contributed by atoms with van der Waals surface area (Å²) in [5.41, 5.74) is 1.15. The molecule has 1 heterocycles. The van der Waals surface area contributed by atoms with Crippen LogP contribution in [0.3, 0.4) is 0 Å². The van der Waals surface area contributed by atoms with Gasteiger partial charge in [-0.1, -0.05) is 12.1 Å². The molecule has 1 aromatic carbocycles. The van der Waals surface area contributed by atoms with Crippen molar-refractivity contribution in [2.75, 3.05) is 13.1 Å². The van der Waals surface area contributed by atoms with E-state index >= 15 is 0 Å². The van der Waals surface area contributed by atoms with E-state index in [-0.39, 0.29) is 22.7 Å². The highest BCUT2D eigenvalue weighted by molar-refractivity contribution is 5.69. The Kier molecular flexibility index (Phi) is 4.89. The zero-order valence-electron chi connectivity index (χ0n) is 14.0. The van der Waals surface area contributed by atoms with Crippen LogP contribution in [0.1, 0.15) is 31.9 Å². The topological polar surface area (TPSA) is 84.7 Å². The minimum atomic E-state index is -0.490. The first kappa shape index (κ1) is 17.2. The third-order valence-corrected chi connectivity index (χ3v) is 3.60. The Morgan fingerprint density at radius 1 is 1.43 bits per heavy atom. The van der Waals surface area contributed by atoms with E-state index in [0.717, 1.165) is 5.56 Å². The normalized spacial score (nSPS) is 15.2. The highest BCUT2D eigenvalue weighted by Crippen LogP contribution is 2.20. The fraction of sp³-hybridized carbons (Fsp3) is 0.562. The molecule has 1 aromatic rings. The van der Waals surface area contributed by atoms with Gasteiger partial charge in [-0.15, -0.1) is 0 Å². The van der Waals surface area contributed by atoms with E-state index in [1.807, 2.05) is 26.8 Å². The van der Waals surface area contributed by atoms with Crippen molar-refractivity contribution in [3.8, 4) is 0 Å². The first-order chi connectivity index (χ1) is 10.7. The van der Waals surface area contributed by atoms with Crippen LogP contribution in [-0.4, -0.2) is 40.6 Å². The van der Waals surface area contributed by atoms with Crippen LogP contribution in [0.2, 0.25) is 0 Å². The molecular weight excluding hydrogens is 298 g/mol. The molecule has 1 aliphatic rings. The van der Waals surface area contributed by atoms with Crippen LogP contribution in [0.25, 0.3) is 0 Å². The number of nitro groups is 1. The van der Waals surface area contributed by atoms with E-state index in [2.05, 4.69) is 5.32 Å². The van der Waals surface area contributed by atoms with Gasteiger partial charge in [0, 0.05) is 37.3 Å². The van der Waals surface area contributed by atoms with Gasteiger partial charge in [-0.3, -0.25) is 10.1 Å². The molecule has 0 aromatic heterocycles. The van der Waals surface area contributed by atoms with Crippen LogP contribution in [0.4, 0.5) is 10.5 Å². The second-order valence-electron chi connectivity index (χ2n) is 6.84. The molecule has 126 valence electrons. The summed E-state index contributed by atoms with van der Waals surface area (Å²) in [6.45, 7) is 8.94. The van der Waals surface area contributed by atoms with Crippen molar-refractivity contribution >= 4 is 11.8 Å². The number of rotatable bonds is 4. The summed E-state index contributed by atoms with van der Waals surface area (Å²) in [4.78, 5) is 24.0. The first-order valence-electron chi connectivity index (χ1n) is 7.61. The van der Waals surface area contributed by atoms with Crippen LogP contribution >= 0.6 is 0 Å². The van der Waals surface area contributed by atoms with Gasteiger partial charge in [-0.2, -0.15) is 0 Å². The number of benzene rings is 1. The Morgan fingerprint density at radius 3 is 2.65 bits per heavy atom. The Labute approximate surface area is 135 Å². The van der Waals surface area contributed by atoms with E-state index in [1.54, 1.807) is 24.0 Å². The summed E-state index contributed by atoms with van der Waals surface area (Å²) in [7, 11) is 0. The monoisotopic (exact) mass is 321 g/mol. The average Bonchev–Trinajstić information content (AvgIpc) is 2.36. The molecule has 0 saturated carbocycles. The molecule has 23 heavy (non-hydrogen) atoms. The molecule has 7 heteroatoms. The fourth-order valence-electron chi connectivity index (χ4n) is 2.31. The molecular formula is C16H23N3O4. The van der Waals surface area contributed by atoms with Crippen molar-refractivity contribution in [1.29, 1.82) is 0 Å². The van der Waals surface area contributed by atoms with Crippen molar-refractivity contribution in [1.82, 2.24) is 10.2 Å². The summed E-state index contributed by atoms with van der Waals surface area (Å²) in [6, 6.07) is 5.40. The number of likely N-dealkylation sites (tertiary alicyclic amines) is 1. The van der Waals surface area contributed by atoms with Crippen molar-refractivity contribution < 1.29 is 14.5 Å². The highest BCUT2D eigenvalue weighted by Gasteiger charge is 2.33. The molecule has 0 aliphatic carbocycles. The molecule has 1 fully saturated rings. The number of carbonyl (C=O) groups excluding carboxylic acids is 1. The van der Waals surface area contributed by atoms with Gasteiger partial charge in [0.1, 0.15) is 5.60 Å². The Hall–Kier alpha value is -2.15. The number of aryl methyl sites for hydroxylation is 1. The second kappa shape index (κ2) is 6.54. The van der Waals surface area contributed by atoms with Gasteiger partial charge in [0.2, 0.25) is 0 Å². The molecule has 0 unspecified atom stereocenters. The number of ether oxygens (including phenoxy) is 1. The van der Waals surface area contributed by atoms with Crippen LogP contribution in [-0.2, 0) is 11.3 Å². The maximum Gasteiger partial charge on any atom is 0.410 e. The standard InChI is InChI=1S/C16H23N3O4/c1-11-5-6-12(7-14(11)19(21)22)8-17-13-9-18(10-13)15(20)23-16(2,3)4/h5-7,13,17H,8-10H2,1-4H3. The lowest BCUT2D eigenvalue weighted by Crippen LogP contribution is -2.60. The van der Waals surface area contributed by atoms with Crippen LogP contribution in [0.5, 0.6) is 0 Å². The molecule has 7 nitrogen and oxygen atoms in total. The lowest BCUT2D eigenvalue weighted by atomic mass is 10.1. The predicted octanol–water partition coefficient (Wildman–Crippen LogP) is 2.61. The van der Waals surface area contributed by atoms with E-state index < -0.39 is 5.60 Å². The number of hydrogen-bond acceptors (Lipinski definition) is 5. The van der Waals surface area contributed by atoms with E-state index in [0.29, 0.717) is 25.2 Å². The second-order valence-corrected chi connectivity index (χ2v) is 6.84.